The average molecular weight is 314 g/mol. The predicted molar refractivity (Wildman–Crippen MR) is 76.2 cm³/mol. The number of rotatable bonds is 3. The van der Waals surface area contributed by atoms with Gasteiger partial charge in [0.1, 0.15) is 5.82 Å². The number of anilines is 1. The summed E-state index contributed by atoms with van der Waals surface area (Å²) in [5, 5.41) is 13.9. The van der Waals surface area contributed by atoms with E-state index in [2.05, 4.69) is 10.5 Å². The lowest BCUT2D eigenvalue weighted by Gasteiger charge is -2.06. The van der Waals surface area contributed by atoms with Crippen LogP contribution in [0.1, 0.15) is 15.2 Å². The number of amides is 1. The number of thiophene rings is 1. The van der Waals surface area contributed by atoms with E-state index in [1.807, 2.05) is 0 Å². The first-order chi connectivity index (χ1) is 9.51. The summed E-state index contributed by atoms with van der Waals surface area (Å²) in [5.41, 5.74) is 5.56. The molecule has 1 amide bonds. The van der Waals surface area contributed by atoms with Gasteiger partial charge in [-0.2, -0.15) is 0 Å². The molecule has 0 spiro atoms. The summed E-state index contributed by atoms with van der Waals surface area (Å²) in [4.78, 5) is 12.3. The van der Waals surface area contributed by atoms with E-state index in [0.717, 1.165) is 17.4 Å². The maximum Gasteiger partial charge on any atom is 0.265 e. The van der Waals surface area contributed by atoms with Gasteiger partial charge in [0, 0.05) is 5.69 Å². The molecule has 0 aliphatic heterocycles. The maximum absolute atomic E-state index is 13.5. The number of hydrogen-bond acceptors (Lipinski definition) is 4. The van der Waals surface area contributed by atoms with Gasteiger partial charge in [-0.1, -0.05) is 16.8 Å². The molecule has 2 aromatic rings. The predicted octanol–water partition coefficient (Wildman–Crippen LogP) is 2.89. The Balaban J connectivity index is 2.24. The van der Waals surface area contributed by atoms with Gasteiger partial charge in [-0.15, -0.1) is 11.3 Å². The molecule has 2 rings (SSSR count). The highest BCUT2D eigenvalue weighted by Gasteiger charge is 2.12. The quantitative estimate of drug-likeness (QED) is 0.352. The molecule has 0 radical (unpaired) electrons. The Morgan fingerprint density at radius 3 is 2.75 bits per heavy atom. The van der Waals surface area contributed by atoms with Gasteiger partial charge in [0.25, 0.3) is 5.91 Å². The summed E-state index contributed by atoms with van der Waals surface area (Å²) >= 11 is 6.87. The second-order valence-corrected chi connectivity index (χ2v) is 5.45. The van der Waals surface area contributed by atoms with Gasteiger partial charge in [0.15, 0.2) is 5.84 Å². The zero-order valence-electron chi connectivity index (χ0n) is 9.93. The summed E-state index contributed by atoms with van der Waals surface area (Å²) in [6.07, 6.45) is 0. The Morgan fingerprint density at radius 1 is 1.40 bits per heavy atom. The SMILES string of the molecule is NC(=NO)c1cc(NC(=O)c2ccc(Cl)s2)ccc1F. The fourth-order valence-corrected chi connectivity index (χ4v) is 2.42. The summed E-state index contributed by atoms with van der Waals surface area (Å²) < 4.78 is 14.0. The fourth-order valence-electron chi connectivity index (χ4n) is 1.48. The van der Waals surface area contributed by atoms with E-state index in [1.165, 1.54) is 12.1 Å². The minimum atomic E-state index is -0.655. The number of nitrogens with zero attached hydrogens (tertiary/aromatic N) is 1. The van der Waals surface area contributed by atoms with Crippen LogP contribution in [-0.4, -0.2) is 17.0 Å². The minimum absolute atomic E-state index is 0.102. The van der Waals surface area contributed by atoms with Crippen LogP contribution in [0.5, 0.6) is 0 Å². The average Bonchev–Trinajstić information content (AvgIpc) is 2.87. The van der Waals surface area contributed by atoms with E-state index >= 15 is 0 Å². The van der Waals surface area contributed by atoms with Crippen molar-refractivity contribution in [2.24, 2.45) is 10.9 Å². The Hall–Kier alpha value is -2.12. The molecule has 0 unspecified atom stereocenters. The van der Waals surface area contributed by atoms with E-state index < -0.39 is 5.82 Å². The maximum atomic E-state index is 13.5. The zero-order chi connectivity index (χ0) is 14.7. The first-order valence-corrected chi connectivity index (χ1v) is 6.55. The van der Waals surface area contributed by atoms with Crippen LogP contribution in [0.3, 0.4) is 0 Å². The molecule has 20 heavy (non-hydrogen) atoms. The summed E-state index contributed by atoms with van der Waals surface area (Å²) in [7, 11) is 0. The minimum Gasteiger partial charge on any atom is -0.409 e. The van der Waals surface area contributed by atoms with Gasteiger partial charge in [0.2, 0.25) is 0 Å². The molecule has 104 valence electrons. The third-order valence-electron chi connectivity index (χ3n) is 2.40. The monoisotopic (exact) mass is 313 g/mol. The molecule has 1 aromatic carbocycles. The largest absolute Gasteiger partial charge is 0.409 e. The first kappa shape index (κ1) is 14.3. The Bertz CT molecular complexity index is 687. The van der Waals surface area contributed by atoms with Crippen LogP contribution in [0.4, 0.5) is 10.1 Å². The number of carbonyl (C=O) groups is 1. The molecule has 8 heteroatoms. The normalized spacial score (nSPS) is 11.4. The van der Waals surface area contributed by atoms with Crippen molar-refractivity contribution in [3.05, 3.63) is 50.9 Å². The van der Waals surface area contributed by atoms with Gasteiger partial charge in [-0.05, 0) is 30.3 Å². The van der Waals surface area contributed by atoms with Crippen molar-refractivity contribution in [2.75, 3.05) is 5.32 Å². The van der Waals surface area contributed by atoms with Crippen LogP contribution < -0.4 is 11.1 Å². The van der Waals surface area contributed by atoms with Crippen molar-refractivity contribution in [3.8, 4) is 0 Å². The molecule has 0 aliphatic carbocycles. The molecule has 0 fully saturated rings. The Labute approximate surface area is 122 Å². The molecular weight excluding hydrogens is 305 g/mol. The number of nitrogens with two attached hydrogens (primary N) is 1. The van der Waals surface area contributed by atoms with Crippen LogP contribution in [0, 0.1) is 5.82 Å². The van der Waals surface area contributed by atoms with Crippen LogP contribution in [0.2, 0.25) is 4.34 Å². The third kappa shape index (κ3) is 3.06. The molecular formula is C12H9ClFN3O2S. The molecule has 1 aromatic heterocycles. The van der Waals surface area contributed by atoms with Crippen molar-refractivity contribution in [3.63, 3.8) is 0 Å². The van der Waals surface area contributed by atoms with Crippen LogP contribution >= 0.6 is 22.9 Å². The van der Waals surface area contributed by atoms with Crippen LogP contribution in [0.15, 0.2) is 35.5 Å². The van der Waals surface area contributed by atoms with E-state index in [-0.39, 0.29) is 17.3 Å². The van der Waals surface area contributed by atoms with Crippen molar-refractivity contribution < 1.29 is 14.4 Å². The van der Waals surface area contributed by atoms with Crippen molar-refractivity contribution in [1.29, 1.82) is 0 Å². The number of amidine groups is 1. The number of carbonyl (C=O) groups excluding carboxylic acids is 1. The van der Waals surface area contributed by atoms with Gasteiger partial charge < -0.3 is 16.3 Å². The second-order valence-electron chi connectivity index (χ2n) is 3.74. The number of nitrogens with one attached hydrogen (secondary N) is 1. The van der Waals surface area contributed by atoms with Crippen LogP contribution in [-0.2, 0) is 0 Å². The molecule has 0 saturated carbocycles. The third-order valence-corrected chi connectivity index (χ3v) is 3.63. The summed E-state index contributed by atoms with van der Waals surface area (Å²) in [5.74, 6) is -1.41. The molecule has 5 nitrogen and oxygen atoms in total. The smallest absolute Gasteiger partial charge is 0.265 e. The van der Waals surface area contributed by atoms with Crippen molar-refractivity contribution in [2.45, 2.75) is 0 Å². The Kier molecular flexibility index (Phi) is 4.21. The van der Waals surface area contributed by atoms with E-state index in [4.69, 9.17) is 22.5 Å². The second kappa shape index (κ2) is 5.89. The molecule has 0 bridgehead atoms. The lowest BCUT2D eigenvalue weighted by Crippen LogP contribution is -2.16. The zero-order valence-corrected chi connectivity index (χ0v) is 11.5. The van der Waals surface area contributed by atoms with Crippen molar-refractivity contribution >= 4 is 40.4 Å². The van der Waals surface area contributed by atoms with E-state index in [1.54, 1.807) is 12.1 Å². The molecule has 0 aliphatic rings. The Morgan fingerprint density at radius 2 is 2.15 bits per heavy atom. The lowest BCUT2D eigenvalue weighted by atomic mass is 10.1. The lowest BCUT2D eigenvalue weighted by molar-refractivity contribution is 0.103. The van der Waals surface area contributed by atoms with Gasteiger partial charge in [-0.25, -0.2) is 4.39 Å². The number of benzene rings is 1. The molecule has 4 N–H and O–H groups in total. The molecule has 1 heterocycles. The highest BCUT2D eigenvalue weighted by atomic mass is 35.5. The van der Waals surface area contributed by atoms with Crippen LogP contribution in [0.25, 0.3) is 0 Å². The fraction of sp³-hybridized carbons (Fsp3) is 0. The van der Waals surface area contributed by atoms with E-state index in [0.29, 0.717) is 14.9 Å². The number of hydrogen-bond donors (Lipinski definition) is 3. The molecule has 0 saturated heterocycles. The van der Waals surface area contributed by atoms with Gasteiger partial charge in [-0.3, -0.25) is 4.79 Å². The van der Waals surface area contributed by atoms with Gasteiger partial charge in [0.05, 0.1) is 14.8 Å². The first-order valence-electron chi connectivity index (χ1n) is 5.35. The highest BCUT2D eigenvalue weighted by molar-refractivity contribution is 7.18. The molecule has 0 atom stereocenters. The van der Waals surface area contributed by atoms with Crippen molar-refractivity contribution in [1.82, 2.24) is 0 Å². The number of halogens is 2. The summed E-state index contributed by atoms with van der Waals surface area (Å²) in [6.45, 7) is 0. The van der Waals surface area contributed by atoms with E-state index in [9.17, 15) is 9.18 Å². The van der Waals surface area contributed by atoms with Gasteiger partial charge >= 0.3 is 0 Å². The topological polar surface area (TPSA) is 87.7 Å². The highest BCUT2D eigenvalue weighted by Crippen LogP contribution is 2.23. The number of oxime groups is 1. The summed E-state index contributed by atoms with van der Waals surface area (Å²) in [6, 6.07) is 6.95. The standard InChI is InChI=1S/C12H9ClFN3O2S/c13-10-4-3-9(20-10)12(18)16-6-1-2-8(14)7(5-6)11(15)17-19/h1-5,19H,(H2,15,17)(H,16,18).